The Kier molecular flexibility index (Phi) is 3.02. The molecular formula is C16H12N4. The molecule has 1 aromatic heterocycles. The summed E-state index contributed by atoms with van der Waals surface area (Å²) in [5.74, 6) is 0. The summed E-state index contributed by atoms with van der Waals surface area (Å²) in [6.07, 6.45) is 0. The van der Waals surface area contributed by atoms with Crippen LogP contribution in [0.15, 0.2) is 48.5 Å². The standard InChI is InChI=1S/C16H12N4/c1-11-7-8-13(12-5-3-2-4-6-12)14(9-11)16-15(10-17)18-20-19-16/h2-9H,1H3,(H,18,19,20). The monoisotopic (exact) mass is 260 g/mol. The first-order chi connectivity index (χ1) is 9.79. The lowest BCUT2D eigenvalue weighted by Crippen LogP contribution is -1.89. The first-order valence-electron chi connectivity index (χ1n) is 6.27. The van der Waals surface area contributed by atoms with Gasteiger partial charge in [-0.05, 0) is 24.1 Å². The van der Waals surface area contributed by atoms with Crippen LogP contribution in [0.25, 0.3) is 22.4 Å². The quantitative estimate of drug-likeness (QED) is 0.768. The van der Waals surface area contributed by atoms with Crippen molar-refractivity contribution in [1.29, 1.82) is 5.26 Å². The van der Waals surface area contributed by atoms with Crippen LogP contribution in [-0.2, 0) is 0 Å². The molecule has 4 nitrogen and oxygen atoms in total. The van der Waals surface area contributed by atoms with Crippen LogP contribution in [0.2, 0.25) is 0 Å². The van der Waals surface area contributed by atoms with Crippen LogP contribution in [-0.4, -0.2) is 15.4 Å². The van der Waals surface area contributed by atoms with Gasteiger partial charge in [-0.1, -0.05) is 48.0 Å². The second-order valence-electron chi connectivity index (χ2n) is 4.55. The molecule has 3 aromatic rings. The molecule has 0 aliphatic rings. The zero-order valence-corrected chi connectivity index (χ0v) is 11.0. The number of aryl methyl sites for hydroxylation is 1. The topological polar surface area (TPSA) is 65.4 Å². The van der Waals surface area contributed by atoms with Crippen molar-refractivity contribution in [2.75, 3.05) is 0 Å². The SMILES string of the molecule is Cc1ccc(-c2ccccc2)c(-c2n[nH]nc2C#N)c1. The fourth-order valence-corrected chi connectivity index (χ4v) is 2.22. The van der Waals surface area contributed by atoms with E-state index in [0.717, 1.165) is 22.3 Å². The average Bonchev–Trinajstić information content (AvgIpc) is 2.96. The van der Waals surface area contributed by atoms with Crippen molar-refractivity contribution in [3.63, 3.8) is 0 Å². The van der Waals surface area contributed by atoms with Gasteiger partial charge in [-0.15, -0.1) is 5.10 Å². The lowest BCUT2D eigenvalue weighted by molar-refractivity contribution is 0.937. The van der Waals surface area contributed by atoms with E-state index >= 15 is 0 Å². The van der Waals surface area contributed by atoms with Gasteiger partial charge in [0.05, 0.1) is 0 Å². The van der Waals surface area contributed by atoms with Crippen LogP contribution in [0.5, 0.6) is 0 Å². The summed E-state index contributed by atoms with van der Waals surface area (Å²) in [7, 11) is 0. The van der Waals surface area contributed by atoms with Gasteiger partial charge >= 0.3 is 0 Å². The van der Waals surface area contributed by atoms with Crippen molar-refractivity contribution in [3.05, 3.63) is 59.8 Å². The Hall–Kier alpha value is -2.93. The first kappa shape index (κ1) is 12.1. The van der Waals surface area contributed by atoms with Gasteiger partial charge in [0.25, 0.3) is 0 Å². The maximum atomic E-state index is 9.13. The number of benzene rings is 2. The molecular weight excluding hydrogens is 248 g/mol. The van der Waals surface area contributed by atoms with Gasteiger partial charge in [0, 0.05) is 5.56 Å². The van der Waals surface area contributed by atoms with Crippen LogP contribution >= 0.6 is 0 Å². The molecule has 4 heteroatoms. The summed E-state index contributed by atoms with van der Waals surface area (Å²) >= 11 is 0. The smallest absolute Gasteiger partial charge is 0.190 e. The van der Waals surface area contributed by atoms with Gasteiger partial charge in [0.1, 0.15) is 11.8 Å². The van der Waals surface area contributed by atoms with Crippen molar-refractivity contribution < 1.29 is 0 Å². The minimum atomic E-state index is 0.313. The fourth-order valence-electron chi connectivity index (χ4n) is 2.22. The molecule has 96 valence electrons. The minimum Gasteiger partial charge on any atom is -0.196 e. The van der Waals surface area contributed by atoms with Gasteiger partial charge in [0.2, 0.25) is 0 Å². The lowest BCUT2D eigenvalue weighted by Gasteiger charge is -2.09. The lowest BCUT2D eigenvalue weighted by atomic mass is 9.95. The van der Waals surface area contributed by atoms with E-state index in [2.05, 4.69) is 33.6 Å². The van der Waals surface area contributed by atoms with E-state index in [1.807, 2.05) is 43.3 Å². The number of hydrogen-bond acceptors (Lipinski definition) is 3. The largest absolute Gasteiger partial charge is 0.196 e. The molecule has 0 bridgehead atoms. The highest BCUT2D eigenvalue weighted by Crippen LogP contribution is 2.32. The zero-order valence-electron chi connectivity index (χ0n) is 11.0. The highest BCUT2D eigenvalue weighted by molar-refractivity contribution is 5.83. The molecule has 3 rings (SSSR count). The first-order valence-corrected chi connectivity index (χ1v) is 6.27. The Labute approximate surface area is 116 Å². The van der Waals surface area contributed by atoms with E-state index < -0.39 is 0 Å². The normalized spacial score (nSPS) is 10.2. The summed E-state index contributed by atoms with van der Waals surface area (Å²) < 4.78 is 0. The second-order valence-corrected chi connectivity index (χ2v) is 4.55. The molecule has 0 radical (unpaired) electrons. The summed E-state index contributed by atoms with van der Waals surface area (Å²) in [6, 6.07) is 18.3. The molecule has 1 N–H and O–H groups in total. The van der Waals surface area contributed by atoms with Gasteiger partial charge in [-0.3, -0.25) is 0 Å². The van der Waals surface area contributed by atoms with Crippen molar-refractivity contribution in [3.8, 4) is 28.5 Å². The Bertz CT molecular complexity index is 782. The third-order valence-electron chi connectivity index (χ3n) is 3.17. The van der Waals surface area contributed by atoms with E-state index in [0.29, 0.717) is 11.4 Å². The molecule has 0 fully saturated rings. The van der Waals surface area contributed by atoms with Gasteiger partial charge in [-0.2, -0.15) is 15.6 Å². The van der Waals surface area contributed by atoms with Crippen LogP contribution in [0.4, 0.5) is 0 Å². The molecule has 0 saturated carbocycles. The molecule has 2 aromatic carbocycles. The fraction of sp³-hybridized carbons (Fsp3) is 0.0625. The average molecular weight is 260 g/mol. The molecule has 0 aliphatic heterocycles. The number of H-pyrrole nitrogens is 1. The van der Waals surface area contributed by atoms with E-state index in [1.54, 1.807) is 0 Å². The van der Waals surface area contributed by atoms with Crippen LogP contribution in [0, 0.1) is 18.3 Å². The predicted molar refractivity (Wildman–Crippen MR) is 76.7 cm³/mol. The maximum Gasteiger partial charge on any atom is 0.190 e. The molecule has 0 saturated heterocycles. The predicted octanol–water partition coefficient (Wildman–Crippen LogP) is 3.32. The highest BCUT2D eigenvalue weighted by atomic mass is 15.3. The van der Waals surface area contributed by atoms with E-state index in [4.69, 9.17) is 5.26 Å². The third-order valence-corrected chi connectivity index (χ3v) is 3.17. The van der Waals surface area contributed by atoms with Gasteiger partial charge in [-0.25, -0.2) is 0 Å². The molecule has 0 aliphatic carbocycles. The zero-order chi connectivity index (χ0) is 13.9. The van der Waals surface area contributed by atoms with Crippen molar-refractivity contribution in [2.24, 2.45) is 0 Å². The summed E-state index contributed by atoms with van der Waals surface area (Å²) in [5, 5.41) is 19.7. The molecule has 0 spiro atoms. The van der Waals surface area contributed by atoms with Gasteiger partial charge in [0.15, 0.2) is 5.69 Å². The molecule has 1 heterocycles. The third kappa shape index (κ3) is 2.06. The molecule has 0 unspecified atom stereocenters. The van der Waals surface area contributed by atoms with Crippen LogP contribution in [0.3, 0.4) is 0 Å². The van der Waals surface area contributed by atoms with E-state index in [-0.39, 0.29) is 0 Å². The summed E-state index contributed by atoms with van der Waals surface area (Å²) in [4.78, 5) is 0. The Morgan fingerprint density at radius 2 is 1.80 bits per heavy atom. The van der Waals surface area contributed by atoms with Crippen LogP contribution < -0.4 is 0 Å². The minimum absolute atomic E-state index is 0.313. The number of aromatic amines is 1. The summed E-state index contributed by atoms with van der Waals surface area (Å²) in [6.45, 7) is 2.02. The van der Waals surface area contributed by atoms with Crippen molar-refractivity contribution in [1.82, 2.24) is 15.4 Å². The number of rotatable bonds is 2. The Balaban J connectivity index is 2.26. The Morgan fingerprint density at radius 3 is 2.55 bits per heavy atom. The molecule has 0 amide bonds. The molecule has 0 atom stereocenters. The van der Waals surface area contributed by atoms with Crippen LogP contribution in [0.1, 0.15) is 11.3 Å². The number of nitrogens with one attached hydrogen (secondary N) is 1. The van der Waals surface area contributed by atoms with E-state index in [1.165, 1.54) is 0 Å². The Morgan fingerprint density at radius 1 is 1.00 bits per heavy atom. The summed E-state index contributed by atoms with van der Waals surface area (Å²) in [5.41, 5.74) is 5.08. The number of aromatic nitrogens is 3. The van der Waals surface area contributed by atoms with Crippen molar-refractivity contribution >= 4 is 0 Å². The number of nitriles is 1. The highest BCUT2D eigenvalue weighted by Gasteiger charge is 2.15. The van der Waals surface area contributed by atoms with Crippen molar-refractivity contribution in [2.45, 2.75) is 6.92 Å². The van der Waals surface area contributed by atoms with E-state index in [9.17, 15) is 0 Å². The molecule has 20 heavy (non-hydrogen) atoms. The number of hydrogen-bond donors (Lipinski definition) is 1. The second kappa shape index (κ2) is 4.98. The maximum absolute atomic E-state index is 9.13. The number of nitrogens with zero attached hydrogens (tertiary/aromatic N) is 3. The van der Waals surface area contributed by atoms with Gasteiger partial charge < -0.3 is 0 Å².